The van der Waals surface area contributed by atoms with E-state index in [2.05, 4.69) is 30.8 Å². The van der Waals surface area contributed by atoms with E-state index in [1.54, 1.807) is 13.3 Å². The van der Waals surface area contributed by atoms with E-state index in [1.807, 2.05) is 49.4 Å². The third-order valence-corrected chi connectivity index (χ3v) is 4.02. The second-order valence-electron chi connectivity index (χ2n) is 6.19. The Morgan fingerprint density at radius 2 is 1.90 bits per heavy atom. The number of benzene rings is 1. The van der Waals surface area contributed by atoms with Crippen LogP contribution in [-0.4, -0.2) is 54.4 Å². The topological polar surface area (TPSA) is 107 Å². The zero-order valence-electron chi connectivity index (χ0n) is 17.6. The van der Waals surface area contributed by atoms with Gasteiger partial charge in [-0.05, 0) is 43.3 Å². The fourth-order valence-electron chi connectivity index (χ4n) is 2.57. The molecule has 0 aliphatic rings. The van der Waals surface area contributed by atoms with E-state index in [1.165, 1.54) is 0 Å². The number of nitrogens with zero attached hydrogens (tertiary/aromatic N) is 4. The molecule has 2 N–H and O–H groups in total. The molecule has 9 nitrogen and oxygen atoms in total. The second kappa shape index (κ2) is 13.4. The highest BCUT2D eigenvalue weighted by atomic mass is 127. The molecular formula is C21H27IN6O3. The number of nitrogens with one attached hydrogen (secondary N) is 2. The average molecular weight is 538 g/mol. The van der Waals surface area contributed by atoms with Crippen LogP contribution in [0.15, 0.2) is 58.2 Å². The van der Waals surface area contributed by atoms with Gasteiger partial charge in [0, 0.05) is 25.7 Å². The van der Waals surface area contributed by atoms with Gasteiger partial charge in [0.05, 0.1) is 13.7 Å². The second-order valence-corrected chi connectivity index (χ2v) is 6.19. The maximum atomic E-state index is 5.71. The number of aliphatic imine (C=N–C) groups is 1. The van der Waals surface area contributed by atoms with Crippen LogP contribution in [0, 0.1) is 0 Å². The number of ether oxygens (including phenoxy) is 2. The maximum absolute atomic E-state index is 5.71. The molecule has 166 valence electrons. The SMILES string of the molecule is CCNC(=NCCc1noc(-c2ccccn2)n1)NCCOc1ccc(OC)cc1.I. The van der Waals surface area contributed by atoms with E-state index in [9.17, 15) is 0 Å². The summed E-state index contributed by atoms with van der Waals surface area (Å²) in [7, 11) is 1.64. The van der Waals surface area contributed by atoms with Gasteiger partial charge in [0.15, 0.2) is 11.8 Å². The third kappa shape index (κ3) is 8.04. The summed E-state index contributed by atoms with van der Waals surface area (Å²) < 4.78 is 16.1. The summed E-state index contributed by atoms with van der Waals surface area (Å²) in [5.74, 6) is 3.31. The number of hydrogen-bond donors (Lipinski definition) is 2. The Labute approximate surface area is 198 Å². The van der Waals surface area contributed by atoms with Crippen LogP contribution in [-0.2, 0) is 6.42 Å². The predicted octanol–water partition coefficient (Wildman–Crippen LogP) is 2.93. The quantitative estimate of drug-likeness (QED) is 0.176. The van der Waals surface area contributed by atoms with Crippen LogP contribution in [0.1, 0.15) is 12.7 Å². The van der Waals surface area contributed by atoms with E-state index in [0.29, 0.717) is 49.5 Å². The largest absolute Gasteiger partial charge is 0.497 e. The molecule has 2 heterocycles. The molecule has 3 rings (SSSR count). The van der Waals surface area contributed by atoms with Gasteiger partial charge < -0.3 is 24.6 Å². The lowest BCUT2D eigenvalue weighted by molar-refractivity contribution is 0.321. The molecule has 0 spiro atoms. The first-order valence-corrected chi connectivity index (χ1v) is 9.81. The number of guanidine groups is 1. The number of hydrogen-bond acceptors (Lipinski definition) is 7. The van der Waals surface area contributed by atoms with Crippen molar-refractivity contribution in [3.63, 3.8) is 0 Å². The summed E-state index contributed by atoms with van der Waals surface area (Å²) in [5.41, 5.74) is 0.659. The summed E-state index contributed by atoms with van der Waals surface area (Å²) in [6, 6.07) is 13.0. The first kappa shape index (κ1) is 24.4. The first-order valence-electron chi connectivity index (χ1n) is 9.81. The van der Waals surface area contributed by atoms with Crippen LogP contribution in [0.4, 0.5) is 0 Å². The molecule has 0 radical (unpaired) electrons. The van der Waals surface area contributed by atoms with Crippen molar-refractivity contribution >= 4 is 29.9 Å². The Bertz CT molecular complexity index is 918. The van der Waals surface area contributed by atoms with Gasteiger partial charge in [0.2, 0.25) is 0 Å². The van der Waals surface area contributed by atoms with Crippen LogP contribution in [0.5, 0.6) is 11.5 Å². The van der Waals surface area contributed by atoms with Crippen molar-refractivity contribution in [1.29, 1.82) is 0 Å². The van der Waals surface area contributed by atoms with Gasteiger partial charge in [0.1, 0.15) is 23.8 Å². The van der Waals surface area contributed by atoms with E-state index in [4.69, 9.17) is 14.0 Å². The van der Waals surface area contributed by atoms with Crippen molar-refractivity contribution in [2.75, 3.05) is 33.4 Å². The summed E-state index contributed by atoms with van der Waals surface area (Å²) in [5, 5.41) is 10.4. The number of halogens is 1. The molecule has 0 saturated heterocycles. The fourth-order valence-corrected chi connectivity index (χ4v) is 2.57. The highest BCUT2D eigenvalue weighted by Crippen LogP contribution is 2.16. The highest BCUT2D eigenvalue weighted by molar-refractivity contribution is 14.0. The number of methoxy groups -OCH3 is 1. The first-order chi connectivity index (χ1) is 14.8. The van der Waals surface area contributed by atoms with Gasteiger partial charge in [-0.2, -0.15) is 4.98 Å². The molecule has 0 atom stereocenters. The smallest absolute Gasteiger partial charge is 0.276 e. The molecule has 1 aromatic carbocycles. The molecule has 0 bridgehead atoms. The van der Waals surface area contributed by atoms with Gasteiger partial charge in [-0.15, -0.1) is 24.0 Å². The van der Waals surface area contributed by atoms with Crippen LogP contribution in [0.2, 0.25) is 0 Å². The minimum atomic E-state index is 0. The molecule has 0 saturated carbocycles. The minimum absolute atomic E-state index is 0. The molecule has 0 fully saturated rings. The van der Waals surface area contributed by atoms with E-state index in [0.717, 1.165) is 18.0 Å². The molecule has 0 aliphatic heterocycles. The summed E-state index contributed by atoms with van der Waals surface area (Å²) >= 11 is 0. The van der Waals surface area contributed by atoms with E-state index in [-0.39, 0.29) is 24.0 Å². The van der Waals surface area contributed by atoms with Crippen molar-refractivity contribution < 1.29 is 14.0 Å². The summed E-state index contributed by atoms with van der Waals surface area (Å²) in [6.45, 7) is 4.43. The van der Waals surface area contributed by atoms with E-state index < -0.39 is 0 Å². The zero-order valence-corrected chi connectivity index (χ0v) is 19.9. The van der Waals surface area contributed by atoms with Gasteiger partial charge in [0.25, 0.3) is 5.89 Å². The zero-order chi connectivity index (χ0) is 21.0. The molecule has 0 amide bonds. The average Bonchev–Trinajstić information content (AvgIpc) is 3.26. The normalized spacial score (nSPS) is 10.8. The van der Waals surface area contributed by atoms with Gasteiger partial charge in [-0.25, -0.2) is 0 Å². The van der Waals surface area contributed by atoms with Crippen molar-refractivity contribution in [1.82, 2.24) is 25.8 Å². The third-order valence-electron chi connectivity index (χ3n) is 4.02. The lowest BCUT2D eigenvalue weighted by Crippen LogP contribution is -2.39. The lowest BCUT2D eigenvalue weighted by Gasteiger charge is -2.12. The minimum Gasteiger partial charge on any atom is -0.497 e. The summed E-state index contributed by atoms with van der Waals surface area (Å²) in [4.78, 5) is 13.1. The molecule has 10 heteroatoms. The maximum Gasteiger partial charge on any atom is 0.276 e. The Kier molecular flexibility index (Phi) is 10.6. The monoisotopic (exact) mass is 538 g/mol. The van der Waals surface area contributed by atoms with Crippen molar-refractivity contribution in [2.24, 2.45) is 4.99 Å². The van der Waals surface area contributed by atoms with Crippen molar-refractivity contribution in [3.8, 4) is 23.1 Å². The Hall–Kier alpha value is -2.89. The Morgan fingerprint density at radius 3 is 2.61 bits per heavy atom. The van der Waals surface area contributed by atoms with Crippen LogP contribution >= 0.6 is 24.0 Å². The van der Waals surface area contributed by atoms with Crippen LogP contribution in [0.3, 0.4) is 0 Å². The van der Waals surface area contributed by atoms with Gasteiger partial charge in [-0.3, -0.25) is 9.98 Å². The van der Waals surface area contributed by atoms with Crippen molar-refractivity contribution in [3.05, 3.63) is 54.5 Å². The molecular weight excluding hydrogens is 511 g/mol. The highest BCUT2D eigenvalue weighted by Gasteiger charge is 2.09. The Balaban J connectivity index is 0.00000341. The van der Waals surface area contributed by atoms with Crippen LogP contribution < -0.4 is 20.1 Å². The van der Waals surface area contributed by atoms with E-state index >= 15 is 0 Å². The molecule has 2 aromatic heterocycles. The number of aromatic nitrogens is 3. The predicted molar refractivity (Wildman–Crippen MR) is 129 cm³/mol. The molecule has 31 heavy (non-hydrogen) atoms. The fraction of sp³-hybridized carbons (Fsp3) is 0.333. The Morgan fingerprint density at radius 1 is 1.10 bits per heavy atom. The standard InChI is InChI=1S/C21H26N6O3.HI/c1-3-22-21(25-14-15-29-17-9-7-16(28-2)8-10-17)24-13-11-19-26-20(30-27-19)18-6-4-5-12-23-18;/h4-10,12H,3,11,13-15H2,1-2H3,(H2,22,24,25);1H. The van der Waals surface area contributed by atoms with Crippen molar-refractivity contribution in [2.45, 2.75) is 13.3 Å². The molecule has 0 aliphatic carbocycles. The van der Waals surface area contributed by atoms with Crippen LogP contribution in [0.25, 0.3) is 11.6 Å². The van der Waals surface area contributed by atoms with Gasteiger partial charge in [-0.1, -0.05) is 11.2 Å². The lowest BCUT2D eigenvalue weighted by atomic mass is 10.3. The molecule has 3 aromatic rings. The number of pyridine rings is 1. The van der Waals surface area contributed by atoms with Gasteiger partial charge >= 0.3 is 0 Å². The summed E-state index contributed by atoms with van der Waals surface area (Å²) in [6.07, 6.45) is 2.26. The number of rotatable bonds is 10. The molecule has 0 unspecified atom stereocenters.